The summed E-state index contributed by atoms with van der Waals surface area (Å²) in [7, 11) is -0.463. The maximum Gasteiger partial charge on any atom is 0.233 e. The molecule has 0 bridgehead atoms. The largest absolute Gasteiger partial charge is 0.496 e. The summed E-state index contributed by atoms with van der Waals surface area (Å²) >= 11 is 0. The van der Waals surface area contributed by atoms with E-state index >= 15 is 0 Å². The van der Waals surface area contributed by atoms with Crippen LogP contribution < -0.4 is 9.46 Å². The SMILES string of the molecule is COc1ccccc1[C@@H](CNS(=O)(=O)/C=C/c1ccccc1)OC. The van der Waals surface area contributed by atoms with Gasteiger partial charge in [-0.05, 0) is 17.7 Å². The summed E-state index contributed by atoms with van der Waals surface area (Å²) in [6.07, 6.45) is 1.11. The average molecular weight is 347 g/mol. The van der Waals surface area contributed by atoms with Crippen LogP contribution >= 0.6 is 0 Å². The number of benzene rings is 2. The molecule has 0 aromatic heterocycles. The van der Waals surface area contributed by atoms with Gasteiger partial charge >= 0.3 is 0 Å². The maximum atomic E-state index is 12.1. The third kappa shape index (κ3) is 5.19. The standard InChI is InChI=1S/C18H21NO4S/c1-22-17-11-7-6-10-16(17)18(23-2)14-19-24(20,21)13-12-15-8-4-3-5-9-15/h3-13,18-19H,14H2,1-2H3/b13-12+/t18-/m1/s1. The van der Waals surface area contributed by atoms with E-state index in [1.807, 2.05) is 54.6 Å². The summed E-state index contributed by atoms with van der Waals surface area (Å²) in [5, 5.41) is 1.15. The highest BCUT2D eigenvalue weighted by Crippen LogP contribution is 2.26. The molecule has 0 saturated heterocycles. The molecule has 0 aliphatic heterocycles. The van der Waals surface area contributed by atoms with Gasteiger partial charge in [0.25, 0.3) is 0 Å². The lowest BCUT2D eigenvalue weighted by molar-refractivity contribution is 0.105. The minimum Gasteiger partial charge on any atom is -0.496 e. The fourth-order valence-corrected chi connectivity index (χ4v) is 3.04. The Morgan fingerprint density at radius 3 is 2.38 bits per heavy atom. The summed E-state index contributed by atoms with van der Waals surface area (Å²) in [4.78, 5) is 0. The van der Waals surface area contributed by atoms with Gasteiger partial charge in [-0.25, -0.2) is 13.1 Å². The molecule has 0 fully saturated rings. The van der Waals surface area contributed by atoms with Crippen molar-refractivity contribution in [3.63, 3.8) is 0 Å². The summed E-state index contributed by atoms with van der Waals surface area (Å²) in [5.41, 5.74) is 1.60. The normalized spacial score (nSPS) is 13.1. The van der Waals surface area contributed by atoms with Crippen molar-refractivity contribution in [3.05, 3.63) is 71.1 Å². The molecule has 2 aromatic rings. The van der Waals surface area contributed by atoms with Gasteiger partial charge in [-0.1, -0.05) is 48.5 Å². The lowest BCUT2D eigenvalue weighted by atomic mass is 10.1. The molecule has 2 rings (SSSR count). The second-order valence-corrected chi connectivity index (χ2v) is 6.72. The molecule has 6 heteroatoms. The molecule has 0 spiro atoms. The summed E-state index contributed by atoms with van der Waals surface area (Å²) in [5.74, 6) is 0.656. The fourth-order valence-electron chi connectivity index (χ4n) is 2.22. The molecule has 0 unspecified atom stereocenters. The van der Waals surface area contributed by atoms with E-state index < -0.39 is 16.1 Å². The zero-order valence-corrected chi connectivity index (χ0v) is 14.5. The molecule has 128 valence electrons. The molecule has 2 aromatic carbocycles. The minimum atomic E-state index is -3.56. The molecular weight excluding hydrogens is 326 g/mol. The van der Waals surface area contributed by atoms with Crippen LogP contribution in [-0.2, 0) is 14.8 Å². The van der Waals surface area contributed by atoms with Crippen LogP contribution in [0.2, 0.25) is 0 Å². The third-order valence-electron chi connectivity index (χ3n) is 3.48. The first-order valence-electron chi connectivity index (χ1n) is 7.44. The second-order valence-electron chi connectivity index (χ2n) is 5.07. The Morgan fingerprint density at radius 2 is 1.71 bits per heavy atom. The van der Waals surface area contributed by atoms with Crippen LogP contribution in [0.15, 0.2) is 60.0 Å². The van der Waals surface area contributed by atoms with E-state index in [1.165, 1.54) is 7.11 Å². The van der Waals surface area contributed by atoms with Crippen molar-refractivity contribution in [1.29, 1.82) is 0 Å². The van der Waals surface area contributed by atoms with Crippen molar-refractivity contribution < 1.29 is 17.9 Å². The van der Waals surface area contributed by atoms with Gasteiger partial charge in [0.1, 0.15) is 5.75 Å². The molecule has 0 radical (unpaired) electrons. The Bertz CT molecular complexity index is 773. The second kappa shape index (κ2) is 8.63. The van der Waals surface area contributed by atoms with Crippen LogP contribution in [0.25, 0.3) is 6.08 Å². The molecule has 0 aliphatic rings. The number of ether oxygens (including phenoxy) is 2. The Morgan fingerprint density at radius 1 is 1.04 bits per heavy atom. The Balaban J connectivity index is 2.05. The molecule has 1 N–H and O–H groups in total. The zero-order chi connectivity index (χ0) is 17.4. The molecule has 0 saturated carbocycles. The highest BCUT2D eigenvalue weighted by atomic mass is 32.2. The molecular formula is C18H21NO4S. The first-order valence-corrected chi connectivity index (χ1v) is 8.99. The van der Waals surface area contributed by atoms with E-state index in [1.54, 1.807) is 13.2 Å². The van der Waals surface area contributed by atoms with E-state index in [0.717, 1.165) is 16.5 Å². The Hall–Kier alpha value is -2.15. The van der Waals surface area contributed by atoms with E-state index in [0.29, 0.717) is 5.75 Å². The maximum absolute atomic E-state index is 12.1. The molecule has 1 atom stereocenters. The zero-order valence-electron chi connectivity index (χ0n) is 13.7. The fraction of sp³-hybridized carbons (Fsp3) is 0.222. The number of para-hydroxylation sites is 1. The van der Waals surface area contributed by atoms with Crippen LogP contribution in [0.5, 0.6) is 5.75 Å². The van der Waals surface area contributed by atoms with Crippen LogP contribution in [0.3, 0.4) is 0 Å². The minimum absolute atomic E-state index is 0.109. The Kier molecular flexibility index (Phi) is 6.54. The predicted octanol–water partition coefficient (Wildman–Crippen LogP) is 2.97. The third-order valence-corrected chi connectivity index (χ3v) is 4.54. The van der Waals surface area contributed by atoms with Crippen molar-refractivity contribution in [2.75, 3.05) is 20.8 Å². The van der Waals surface area contributed by atoms with Crippen LogP contribution in [-0.4, -0.2) is 29.2 Å². The summed E-state index contributed by atoms with van der Waals surface area (Å²) < 4.78 is 37.5. The summed E-state index contributed by atoms with van der Waals surface area (Å²) in [6, 6.07) is 16.6. The van der Waals surface area contributed by atoms with Gasteiger partial charge in [-0.3, -0.25) is 0 Å². The van der Waals surface area contributed by atoms with Gasteiger partial charge < -0.3 is 9.47 Å². The van der Waals surface area contributed by atoms with Crippen LogP contribution in [0.1, 0.15) is 17.2 Å². The van der Waals surface area contributed by atoms with Gasteiger partial charge in [0.15, 0.2) is 0 Å². The molecule has 24 heavy (non-hydrogen) atoms. The van der Waals surface area contributed by atoms with Crippen molar-refractivity contribution in [3.8, 4) is 5.75 Å². The summed E-state index contributed by atoms with van der Waals surface area (Å²) in [6.45, 7) is 0.109. The monoisotopic (exact) mass is 347 g/mol. The van der Waals surface area contributed by atoms with Crippen LogP contribution in [0.4, 0.5) is 0 Å². The van der Waals surface area contributed by atoms with Gasteiger partial charge in [0.05, 0.1) is 13.2 Å². The lowest BCUT2D eigenvalue weighted by Crippen LogP contribution is -2.27. The first kappa shape index (κ1) is 18.2. The van der Waals surface area contributed by atoms with Gasteiger partial charge in [0.2, 0.25) is 10.0 Å². The van der Waals surface area contributed by atoms with E-state index in [4.69, 9.17) is 9.47 Å². The highest BCUT2D eigenvalue weighted by molar-refractivity contribution is 7.92. The van der Waals surface area contributed by atoms with Gasteiger partial charge in [0, 0.05) is 24.6 Å². The van der Waals surface area contributed by atoms with E-state index in [-0.39, 0.29) is 6.54 Å². The topological polar surface area (TPSA) is 64.6 Å². The first-order chi connectivity index (χ1) is 11.6. The van der Waals surface area contributed by atoms with Crippen molar-refractivity contribution in [2.24, 2.45) is 0 Å². The number of sulfonamides is 1. The molecule has 0 amide bonds. The Labute approximate surface area is 143 Å². The van der Waals surface area contributed by atoms with Gasteiger partial charge in [-0.2, -0.15) is 0 Å². The lowest BCUT2D eigenvalue weighted by Gasteiger charge is -2.18. The van der Waals surface area contributed by atoms with Gasteiger partial charge in [-0.15, -0.1) is 0 Å². The number of hydrogen-bond acceptors (Lipinski definition) is 4. The van der Waals surface area contributed by atoms with E-state index in [2.05, 4.69) is 4.72 Å². The quantitative estimate of drug-likeness (QED) is 0.797. The number of rotatable bonds is 8. The number of methoxy groups -OCH3 is 2. The molecule has 0 aliphatic carbocycles. The van der Waals surface area contributed by atoms with Crippen molar-refractivity contribution in [2.45, 2.75) is 6.10 Å². The number of nitrogens with one attached hydrogen (secondary N) is 1. The smallest absolute Gasteiger partial charge is 0.233 e. The highest BCUT2D eigenvalue weighted by Gasteiger charge is 2.17. The van der Waals surface area contributed by atoms with Crippen LogP contribution in [0, 0.1) is 0 Å². The number of hydrogen-bond donors (Lipinski definition) is 1. The van der Waals surface area contributed by atoms with Crippen molar-refractivity contribution in [1.82, 2.24) is 4.72 Å². The predicted molar refractivity (Wildman–Crippen MR) is 95.1 cm³/mol. The van der Waals surface area contributed by atoms with E-state index in [9.17, 15) is 8.42 Å². The average Bonchev–Trinajstić information content (AvgIpc) is 2.62. The molecule has 0 heterocycles. The van der Waals surface area contributed by atoms with Crippen molar-refractivity contribution >= 4 is 16.1 Å². The molecule has 5 nitrogen and oxygen atoms in total.